The Labute approximate surface area is 117 Å². The van der Waals surface area contributed by atoms with E-state index in [0.717, 1.165) is 0 Å². The van der Waals surface area contributed by atoms with Crippen LogP contribution in [0.1, 0.15) is 50.7 Å². The largest absolute Gasteiger partial charge is 0.265 e. The van der Waals surface area contributed by atoms with Gasteiger partial charge in [0.1, 0.15) is 7.05 Å². The molecule has 0 fully saturated rings. The Morgan fingerprint density at radius 2 is 1.21 bits per heavy atom. The minimum absolute atomic E-state index is 0.619. The van der Waals surface area contributed by atoms with Crippen molar-refractivity contribution in [2.45, 2.75) is 39.5 Å². The number of nitrogens with zero attached hydrogens (tertiary/aromatic N) is 2. The first-order valence-electron chi connectivity index (χ1n) is 6.85. The lowest BCUT2D eigenvalue weighted by atomic mass is 10.1. The maximum Gasteiger partial charge on any atom is 0.168 e. The van der Waals surface area contributed by atoms with E-state index in [4.69, 9.17) is 0 Å². The molecular weight excluding hydrogens is 232 g/mol. The van der Waals surface area contributed by atoms with Crippen LogP contribution in [0.4, 0.5) is 0 Å². The Hall–Kier alpha value is -1.70. The number of pyridine rings is 2. The topological polar surface area (TPSA) is 16.8 Å². The number of aryl methyl sites for hydroxylation is 1. The predicted molar refractivity (Wildman–Crippen MR) is 80.0 cm³/mol. The highest BCUT2D eigenvalue weighted by Gasteiger charge is 1.98. The van der Waals surface area contributed by atoms with Crippen LogP contribution in [-0.4, -0.2) is 4.98 Å². The van der Waals surface area contributed by atoms with E-state index in [1.165, 1.54) is 11.1 Å². The third-order valence-electron chi connectivity index (χ3n) is 3.04. The molecule has 2 aromatic heterocycles. The van der Waals surface area contributed by atoms with Crippen LogP contribution in [0.25, 0.3) is 0 Å². The summed E-state index contributed by atoms with van der Waals surface area (Å²) in [5.74, 6) is 1.26. The normalized spacial score (nSPS) is 10.3. The van der Waals surface area contributed by atoms with Gasteiger partial charge in [0.05, 0.1) is 0 Å². The van der Waals surface area contributed by atoms with Crippen molar-refractivity contribution in [3.05, 3.63) is 60.2 Å². The lowest BCUT2D eigenvalue weighted by Gasteiger charge is -2.01. The van der Waals surface area contributed by atoms with E-state index in [0.29, 0.717) is 11.8 Å². The number of hydrogen-bond donors (Lipinski definition) is 0. The molecule has 0 bridgehead atoms. The molecule has 2 rings (SSSR count). The summed E-state index contributed by atoms with van der Waals surface area (Å²) in [4.78, 5) is 3.93. The molecule has 0 spiro atoms. The minimum atomic E-state index is 0.619. The highest BCUT2D eigenvalue weighted by molar-refractivity contribution is 5.13. The zero-order valence-electron chi connectivity index (χ0n) is 12.7. The Kier molecular flexibility index (Phi) is 6.20. The summed E-state index contributed by atoms with van der Waals surface area (Å²) in [7, 11) is 2.03. The molecule has 2 heterocycles. The van der Waals surface area contributed by atoms with E-state index < -0.39 is 0 Å². The average Bonchev–Trinajstić information content (AvgIpc) is 2.41. The van der Waals surface area contributed by atoms with Gasteiger partial charge in [0.15, 0.2) is 12.4 Å². The molecule has 0 N–H and O–H groups in total. The van der Waals surface area contributed by atoms with Crippen molar-refractivity contribution < 1.29 is 4.57 Å². The molecule has 0 aliphatic rings. The summed E-state index contributed by atoms with van der Waals surface area (Å²) in [5.41, 5.74) is 2.75. The fraction of sp³-hybridized carbons (Fsp3) is 0.412. The maximum absolute atomic E-state index is 3.93. The molecule has 0 aromatic carbocycles. The van der Waals surface area contributed by atoms with Gasteiger partial charge in [-0.2, -0.15) is 0 Å². The second-order valence-electron chi connectivity index (χ2n) is 5.39. The Bertz CT molecular complexity index is 458. The van der Waals surface area contributed by atoms with E-state index in [9.17, 15) is 0 Å². The van der Waals surface area contributed by atoms with E-state index in [2.05, 4.69) is 57.2 Å². The fourth-order valence-electron chi connectivity index (χ4n) is 1.65. The Morgan fingerprint density at radius 1 is 0.789 bits per heavy atom. The van der Waals surface area contributed by atoms with E-state index in [1.807, 2.05) is 36.1 Å². The van der Waals surface area contributed by atoms with Gasteiger partial charge in [0.25, 0.3) is 0 Å². The van der Waals surface area contributed by atoms with E-state index in [-0.39, 0.29) is 0 Å². The van der Waals surface area contributed by atoms with Gasteiger partial charge in [0.2, 0.25) is 0 Å². The molecule has 0 radical (unpaired) electrons. The molecule has 19 heavy (non-hydrogen) atoms. The standard InChI is InChI=1S/C9H14N.C8H11N/c1-8(2)9-4-6-10(3)7-5-9;1-7(2)8-3-5-9-6-4-8/h4-8H,1-3H3;3-7H,1-2H3/q+1;. The molecule has 2 aromatic rings. The van der Waals surface area contributed by atoms with Gasteiger partial charge >= 0.3 is 0 Å². The monoisotopic (exact) mass is 257 g/mol. The number of aromatic nitrogens is 2. The third kappa shape index (κ3) is 5.64. The molecule has 0 amide bonds. The predicted octanol–water partition coefficient (Wildman–Crippen LogP) is 3.84. The highest BCUT2D eigenvalue weighted by atomic mass is 14.9. The van der Waals surface area contributed by atoms with Gasteiger partial charge in [-0.3, -0.25) is 4.98 Å². The molecule has 0 atom stereocenters. The van der Waals surface area contributed by atoms with Crippen molar-refractivity contribution in [1.82, 2.24) is 4.98 Å². The minimum Gasteiger partial charge on any atom is -0.265 e. The molecular formula is C17H25N2+. The van der Waals surface area contributed by atoms with Gasteiger partial charge in [0, 0.05) is 24.5 Å². The van der Waals surface area contributed by atoms with Crippen LogP contribution in [-0.2, 0) is 7.05 Å². The van der Waals surface area contributed by atoms with Crippen molar-refractivity contribution in [2.24, 2.45) is 7.05 Å². The summed E-state index contributed by atoms with van der Waals surface area (Å²) in [5, 5.41) is 0. The first-order valence-corrected chi connectivity index (χ1v) is 6.85. The maximum atomic E-state index is 3.93. The smallest absolute Gasteiger partial charge is 0.168 e. The molecule has 0 saturated heterocycles. The molecule has 0 saturated carbocycles. The van der Waals surface area contributed by atoms with Crippen molar-refractivity contribution in [1.29, 1.82) is 0 Å². The van der Waals surface area contributed by atoms with Gasteiger partial charge < -0.3 is 0 Å². The van der Waals surface area contributed by atoms with Crippen LogP contribution < -0.4 is 4.57 Å². The van der Waals surface area contributed by atoms with Crippen molar-refractivity contribution in [3.63, 3.8) is 0 Å². The zero-order valence-corrected chi connectivity index (χ0v) is 12.7. The molecule has 2 nitrogen and oxygen atoms in total. The van der Waals surface area contributed by atoms with Crippen LogP contribution in [0.15, 0.2) is 49.1 Å². The van der Waals surface area contributed by atoms with Gasteiger partial charge in [-0.05, 0) is 35.1 Å². The molecule has 0 unspecified atom stereocenters. The van der Waals surface area contributed by atoms with Crippen LogP contribution in [0.3, 0.4) is 0 Å². The van der Waals surface area contributed by atoms with Gasteiger partial charge in [-0.1, -0.05) is 27.7 Å². The lowest BCUT2D eigenvalue weighted by Crippen LogP contribution is -2.26. The highest BCUT2D eigenvalue weighted by Crippen LogP contribution is 2.11. The molecule has 0 aliphatic carbocycles. The second-order valence-corrected chi connectivity index (χ2v) is 5.39. The Balaban J connectivity index is 0.000000191. The molecule has 0 aliphatic heterocycles. The lowest BCUT2D eigenvalue weighted by molar-refractivity contribution is -0.671. The summed E-state index contributed by atoms with van der Waals surface area (Å²) in [6.45, 7) is 8.76. The van der Waals surface area contributed by atoms with Gasteiger partial charge in [-0.25, -0.2) is 4.57 Å². The van der Waals surface area contributed by atoms with Crippen molar-refractivity contribution in [3.8, 4) is 0 Å². The number of rotatable bonds is 2. The van der Waals surface area contributed by atoms with E-state index in [1.54, 1.807) is 0 Å². The second kappa shape index (κ2) is 7.67. The molecule has 2 heteroatoms. The summed E-state index contributed by atoms with van der Waals surface area (Å²) >= 11 is 0. The van der Waals surface area contributed by atoms with Crippen molar-refractivity contribution in [2.75, 3.05) is 0 Å². The van der Waals surface area contributed by atoms with Crippen LogP contribution in [0, 0.1) is 0 Å². The average molecular weight is 257 g/mol. The van der Waals surface area contributed by atoms with Crippen LogP contribution >= 0.6 is 0 Å². The summed E-state index contributed by atoms with van der Waals surface area (Å²) < 4.78 is 2.05. The first kappa shape index (κ1) is 15.4. The fourth-order valence-corrected chi connectivity index (χ4v) is 1.65. The third-order valence-corrected chi connectivity index (χ3v) is 3.04. The number of hydrogen-bond acceptors (Lipinski definition) is 1. The first-order chi connectivity index (χ1) is 9.00. The SMILES string of the molecule is CC(C)c1cc[n+](C)cc1.CC(C)c1ccncc1. The zero-order chi connectivity index (χ0) is 14.3. The van der Waals surface area contributed by atoms with E-state index >= 15 is 0 Å². The van der Waals surface area contributed by atoms with Crippen molar-refractivity contribution >= 4 is 0 Å². The van der Waals surface area contributed by atoms with Crippen LogP contribution in [0.2, 0.25) is 0 Å². The van der Waals surface area contributed by atoms with Gasteiger partial charge in [-0.15, -0.1) is 0 Å². The van der Waals surface area contributed by atoms with Crippen LogP contribution in [0.5, 0.6) is 0 Å². The summed E-state index contributed by atoms with van der Waals surface area (Å²) in [6.07, 6.45) is 7.81. The molecule has 102 valence electrons. The Morgan fingerprint density at radius 3 is 1.58 bits per heavy atom. The summed E-state index contributed by atoms with van der Waals surface area (Å²) in [6, 6.07) is 8.41. The quantitative estimate of drug-likeness (QED) is 0.747.